The smallest absolute Gasteiger partial charge is 0.0555 e. The van der Waals surface area contributed by atoms with Crippen molar-refractivity contribution < 1.29 is 5.11 Å². The predicted molar refractivity (Wildman–Crippen MR) is 72.0 cm³/mol. The second-order valence-corrected chi connectivity index (χ2v) is 6.94. The minimum Gasteiger partial charge on any atom is -0.393 e. The zero-order valence-corrected chi connectivity index (χ0v) is 11.8. The summed E-state index contributed by atoms with van der Waals surface area (Å²) >= 11 is 0. The lowest BCUT2D eigenvalue weighted by molar-refractivity contribution is -0.00791. The molecule has 0 aromatic heterocycles. The average Bonchev–Trinajstić information content (AvgIpc) is 2.27. The summed E-state index contributed by atoms with van der Waals surface area (Å²) < 4.78 is 0. The molecule has 1 saturated heterocycles. The number of hydrogen-bond acceptors (Lipinski definition) is 2. The molecule has 0 radical (unpaired) electrons. The summed E-state index contributed by atoms with van der Waals surface area (Å²) in [7, 11) is 0. The van der Waals surface area contributed by atoms with Crippen molar-refractivity contribution in [2.45, 2.75) is 71.4 Å². The highest BCUT2D eigenvalue weighted by Crippen LogP contribution is 2.36. The van der Waals surface area contributed by atoms with E-state index in [4.69, 9.17) is 0 Å². The summed E-state index contributed by atoms with van der Waals surface area (Å²) in [5.74, 6) is 0.812. The fraction of sp³-hybridized carbons (Fsp3) is 1.00. The highest BCUT2D eigenvalue weighted by atomic mass is 16.3. The van der Waals surface area contributed by atoms with Gasteiger partial charge in [0.25, 0.3) is 0 Å². The molecule has 2 nitrogen and oxygen atoms in total. The summed E-state index contributed by atoms with van der Waals surface area (Å²) in [6.45, 7) is 9.56. The quantitative estimate of drug-likeness (QED) is 0.800. The number of aliphatic hydroxyl groups is 1. The molecule has 0 spiro atoms. The Balaban J connectivity index is 2.02. The first kappa shape index (κ1) is 13.4. The summed E-state index contributed by atoms with van der Waals surface area (Å²) in [4.78, 5) is 2.68. The van der Waals surface area contributed by atoms with Crippen LogP contribution >= 0.6 is 0 Å². The SMILES string of the molecule is CCC1CCC(O)CC1N1CCCC(C)(C)C1. The van der Waals surface area contributed by atoms with Crippen LogP contribution in [0.2, 0.25) is 0 Å². The van der Waals surface area contributed by atoms with Gasteiger partial charge in [0.1, 0.15) is 0 Å². The number of piperidine rings is 1. The molecular weight excluding hydrogens is 210 g/mol. The van der Waals surface area contributed by atoms with Gasteiger partial charge in [-0.05, 0) is 50.0 Å². The molecular formula is C15H29NO. The second kappa shape index (κ2) is 5.27. The highest BCUT2D eigenvalue weighted by molar-refractivity contribution is 4.90. The van der Waals surface area contributed by atoms with Crippen LogP contribution in [0.3, 0.4) is 0 Å². The van der Waals surface area contributed by atoms with Crippen molar-refractivity contribution in [1.29, 1.82) is 0 Å². The largest absolute Gasteiger partial charge is 0.393 e. The van der Waals surface area contributed by atoms with Crippen molar-refractivity contribution in [3.8, 4) is 0 Å². The number of aliphatic hydroxyl groups excluding tert-OH is 1. The summed E-state index contributed by atoms with van der Waals surface area (Å²) in [5.41, 5.74) is 0.471. The standard InChI is InChI=1S/C15H29NO/c1-4-12-6-7-13(17)10-14(12)16-9-5-8-15(2,3)11-16/h12-14,17H,4-11H2,1-3H3. The van der Waals surface area contributed by atoms with Gasteiger partial charge in [-0.2, -0.15) is 0 Å². The van der Waals surface area contributed by atoms with Gasteiger partial charge in [0.2, 0.25) is 0 Å². The third-order valence-electron chi connectivity index (χ3n) is 4.85. The Morgan fingerprint density at radius 3 is 2.71 bits per heavy atom. The van der Waals surface area contributed by atoms with E-state index in [0.717, 1.165) is 18.8 Å². The molecule has 1 heterocycles. The molecule has 1 N–H and O–H groups in total. The van der Waals surface area contributed by atoms with E-state index >= 15 is 0 Å². The van der Waals surface area contributed by atoms with Crippen molar-refractivity contribution in [2.24, 2.45) is 11.3 Å². The van der Waals surface area contributed by atoms with Crippen LogP contribution in [0, 0.1) is 11.3 Å². The lowest BCUT2D eigenvalue weighted by Gasteiger charge is -2.47. The Morgan fingerprint density at radius 1 is 1.29 bits per heavy atom. The molecule has 2 fully saturated rings. The van der Waals surface area contributed by atoms with E-state index in [-0.39, 0.29) is 6.10 Å². The molecule has 0 aromatic rings. The van der Waals surface area contributed by atoms with E-state index in [1.165, 1.54) is 38.8 Å². The van der Waals surface area contributed by atoms with Crippen LogP contribution in [-0.4, -0.2) is 35.2 Å². The van der Waals surface area contributed by atoms with Gasteiger partial charge in [0.15, 0.2) is 0 Å². The molecule has 17 heavy (non-hydrogen) atoms. The van der Waals surface area contributed by atoms with Gasteiger partial charge in [-0.3, -0.25) is 4.90 Å². The average molecular weight is 239 g/mol. The van der Waals surface area contributed by atoms with E-state index in [9.17, 15) is 5.11 Å². The molecule has 0 aromatic carbocycles. The van der Waals surface area contributed by atoms with Gasteiger partial charge in [-0.1, -0.05) is 27.2 Å². The van der Waals surface area contributed by atoms with Gasteiger partial charge in [0.05, 0.1) is 6.10 Å². The number of hydrogen-bond donors (Lipinski definition) is 1. The normalized spacial score (nSPS) is 39.2. The van der Waals surface area contributed by atoms with E-state index in [1.807, 2.05) is 0 Å². The molecule has 0 bridgehead atoms. The Bertz CT molecular complexity index is 251. The minimum absolute atomic E-state index is 0.0483. The maximum atomic E-state index is 9.93. The third-order valence-corrected chi connectivity index (χ3v) is 4.85. The van der Waals surface area contributed by atoms with E-state index in [0.29, 0.717) is 11.5 Å². The zero-order chi connectivity index (χ0) is 12.5. The van der Waals surface area contributed by atoms with Crippen LogP contribution in [0.5, 0.6) is 0 Å². The van der Waals surface area contributed by atoms with Crippen LogP contribution < -0.4 is 0 Å². The fourth-order valence-electron chi connectivity index (χ4n) is 3.86. The van der Waals surface area contributed by atoms with Gasteiger partial charge < -0.3 is 5.11 Å². The lowest BCUT2D eigenvalue weighted by Crippen LogP contribution is -2.51. The Morgan fingerprint density at radius 2 is 2.06 bits per heavy atom. The second-order valence-electron chi connectivity index (χ2n) is 6.94. The monoisotopic (exact) mass is 239 g/mol. The van der Waals surface area contributed by atoms with Crippen molar-refractivity contribution in [3.05, 3.63) is 0 Å². The van der Waals surface area contributed by atoms with Crippen LogP contribution in [0.25, 0.3) is 0 Å². The maximum Gasteiger partial charge on any atom is 0.0555 e. The van der Waals surface area contributed by atoms with Crippen LogP contribution in [0.15, 0.2) is 0 Å². The molecule has 1 aliphatic heterocycles. The molecule has 2 rings (SSSR count). The van der Waals surface area contributed by atoms with Crippen molar-refractivity contribution in [3.63, 3.8) is 0 Å². The molecule has 0 amide bonds. The molecule has 2 heteroatoms. The Kier molecular flexibility index (Phi) is 4.14. The molecule has 100 valence electrons. The Hall–Kier alpha value is -0.0800. The minimum atomic E-state index is -0.0483. The Labute approximate surface area is 106 Å². The highest BCUT2D eigenvalue weighted by Gasteiger charge is 2.36. The van der Waals surface area contributed by atoms with Crippen molar-refractivity contribution in [1.82, 2.24) is 4.90 Å². The van der Waals surface area contributed by atoms with Gasteiger partial charge in [0, 0.05) is 12.6 Å². The zero-order valence-electron chi connectivity index (χ0n) is 11.8. The van der Waals surface area contributed by atoms with Crippen molar-refractivity contribution >= 4 is 0 Å². The molecule has 3 atom stereocenters. The first-order valence-electron chi connectivity index (χ1n) is 7.44. The fourth-order valence-corrected chi connectivity index (χ4v) is 3.86. The van der Waals surface area contributed by atoms with Gasteiger partial charge in [-0.15, -0.1) is 0 Å². The molecule has 3 unspecified atom stereocenters. The third kappa shape index (κ3) is 3.23. The van der Waals surface area contributed by atoms with E-state index in [1.54, 1.807) is 0 Å². The summed E-state index contributed by atoms with van der Waals surface area (Å²) in [6.07, 6.45) is 7.16. The maximum absolute atomic E-state index is 9.93. The predicted octanol–water partition coefficient (Wildman–Crippen LogP) is 3.05. The summed E-state index contributed by atoms with van der Waals surface area (Å²) in [6, 6.07) is 0.642. The van der Waals surface area contributed by atoms with Crippen LogP contribution in [0.4, 0.5) is 0 Å². The van der Waals surface area contributed by atoms with Crippen molar-refractivity contribution in [2.75, 3.05) is 13.1 Å². The first-order valence-corrected chi connectivity index (χ1v) is 7.44. The topological polar surface area (TPSA) is 23.5 Å². The number of nitrogens with zero attached hydrogens (tertiary/aromatic N) is 1. The first-order chi connectivity index (χ1) is 8.02. The number of rotatable bonds is 2. The van der Waals surface area contributed by atoms with E-state index < -0.39 is 0 Å². The van der Waals surface area contributed by atoms with E-state index in [2.05, 4.69) is 25.7 Å². The molecule has 2 aliphatic rings. The van der Waals surface area contributed by atoms with Crippen LogP contribution in [-0.2, 0) is 0 Å². The van der Waals surface area contributed by atoms with Gasteiger partial charge >= 0.3 is 0 Å². The lowest BCUT2D eigenvalue weighted by atomic mass is 9.77. The van der Waals surface area contributed by atoms with Crippen LogP contribution in [0.1, 0.15) is 59.3 Å². The summed E-state index contributed by atoms with van der Waals surface area (Å²) in [5, 5.41) is 9.93. The number of likely N-dealkylation sites (tertiary alicyclic amines) is 1. The van der Waals surface area contributed by atoms with Gasteiger partial charge in [-0.25, -0.2) is 0 Å². The molecule has 1 saturated carbocycles. The molecule has 1 aliphatic carbocycles.